The van der Waals surface area contributed by atoms with Gasteiger partial charge in [-0.15, -0.1) is 0 Å². The van der Waals surface area contributed by atoms with Crippen LogP contribution < -0.4 is 10.9 Å². The molecule has 0 unspecified atom stereocenters. The van der Waals surface area contributed by atoms with E-state index in [-0.39, 0.29) is 11.8 Å². The maximum Gasteiger partial charge on any atom is 0.240 e. The summed E-state index contributed by atoms with van der Waals surface area (Å²) in [7, 11) is 0. The Bertz CT molecular complexity index is 803. The van der Waals surface area contributed by atoms with Crippen LogP contribution in [0.4, 0.5) is 0 Å². The van der Waals surface area contributed by atoms with E-state index in [0.29, 0.717) is 12.8 Å². The van der Waals surface area contributed by atoms with Crippen LogP contribution in [0.3, 0.4) is 0 Å². The largest absolute Gasteiger partial charge is 0.273 e. The molecular weight excluding hydrogens is 388 g/mol. The molecule has 2 amide bonds. The van der Waals surface area contributed by atoms with E-state index in [0.717, 1.165) is 54.7 Å². The highest BCUT2D eigenvalue weighted by molar-refractivity contribution is 6.01. The number of nitrogens with zero attached hydrogens (tertiary/aromatic N) is 2. The fraction of sp³-hybridized carbons (Fsp3) is 0.360. The average Bonchev–Trinajstić information content (AvgIpc) is 2.81. The molecule has 0 aliphatic carbocycles. The Labute approximate surface area is 184 Å². The Morgan fingerprint density at radius 1 is 0.645 bits per heavy atom. The minimum absolute atomic E-state index is 0.105. The van der Waals surface area contributed by atoms with Crippen molar-refractivity contribution in [2.75, 3.05) is 0 Å². The zero-order valence-electron chi connectivity index (χ0n) is 18.4. The molecule has 0 aliphatic heterocycles. The van der Waals surface area contributed by atoms with Gasteiger partial charge < -0.3 is 0 Å². The summed E-state index contributed by atoms with van der Waals surface area (Å²) in [6, 6.07) is 19.6. The fourth-order valence-electron chi connectivity index (χ4n) is 3.08. The molecule has 0 heterocycles. The first kappa shape index (κ1) is 24.0. The second-order valence-electron chi connectivity index (χ2n) is 7.19. The van der Waals surface area contributed by atoms with Crippen molar-refractivity contribution in [3.8, 4) is 0 Å². The number of hydrazone groups is 2. The lowest BCUT2D eigenvalue weighted by molar-refractivity contribution is -0.121. The number of nitrogens with one attached hydrogen (secondary N) is 2. The summed E-state index contributed by atoms with van der Waals surface area (Å²) in [5.74, 6) is -0.210. The van der Waals surface area contributed by atoms with Gasteiger partial charge in [0.1, 0.15) is 0 Å². The highest BCUT2D eigenvalue weighted by Gasteiger charge is 2.06. The summed E-state index contributed by atoms with van der Waals surface area (Å²) < 4.78 is 0. The van der Waals surface area contributed by atoms with E-state index in [1.165, 1.54) is 0 Å². The molecule has 6 heteroatoms. The summed E-state index contributed by atoms with van der Waals surface area (Å²) in [4.78, 5) is 24.0. The molecule has 6 nitrogen and oxygen atoms in total. The summed E-state index contributed by atoms with van der Waals surface area (Å²) in [5.41, 5.74) is 9.01. The predicted molar refractivity (Wildman–Crippen MR) is 126 cm³/mol. The molecule has 2 N–H and O–H groups in total. The van der Waals surface area contributed by atoms with E-state index in [4.69, 9.17) is 0 Å². The maximum atomic E-state index is 12.0. The van der Waals surface area contributed by atoms with Crippen molar-refractivity contribution in [1.82, 2.24) is 10.9 Å². The van der Waals surface area contributed by atoms with E-state index in [9.17, 15) is 9.59 Å². The number of unbranched alkanes of at least 4 members (excludes halogenated alkanes) is 2. The number of carbonyl (C=O) groups excluding carboxylic acids is 2. The van der Waals surface area contributed by atoms with Crippen molar-refractivity contribution in [3.05, 3.63) is 71.8 Å². The molecule has 0 radical (unpaired) electrons. The van der Waals surface area contributed by atoms with Crippen LogP contribution in [0.15, 0.2) is 70.9 Å². The molecule has 2 rings (SSSR count). The summed E-state index contributed by atoms with van der Waals surface area (Å²) >= 11 is 0. The Kier molecular flexibility index (Phi) is 10.7. The molecule has 0 aromatic heterocycles. The van der Waals surface area contributed by atoms with Gasteiger partial charge in [0.05, 0.1) is 11.4 Å². The minimum Gasteiger partial charge on any atom is -0.273 e. The van der Waals surface area contributed by atoms with Gasteiger partial charge in [-0.3, -0.25) is 9.59 Å². The average molecular weight is 421 g/mol. The number of hydrogen-bond donors (Lipinski definition) is 2. The third-order valence-corrected chi connectivity index (χ3v) is 4.82. The van der Waals surface area contributed by atoms with Crippen molar-refractivity contribution in [2.24, 2.45) is 10.2 Å². The minimum atomic E-state index is -0.105. The normalized spacial score (nSPS) is 11.8. The highest BCUT2D eigenvalue weighted by Crippen LogP contribution is 2.06. The second kappa shape index (κ2) is 13.9. The predicted octanol–water partition coefficient (Wildman–Crippen LogP) is 4.80. The molecule has 2 aromatic carbocycles. The van der Waals surface area contributed by atoms with E-state index in [2.05, 4.69) is 21.1 Å². The molecule has 0 spiro atoms. The molecule has 0 fully saturated rings. The van der Waals surface area contributed by atoms with Crippen molar-refractivity contribution >= 4 is 23.2 Å². The fourth-order valence-corrected chi connectivity index (χ4v) is 3.08. The molecule has 31 heavy (non-hydrogen) atoms. The topological polar surface area (TPSA) is 82.9 Å². The Morgan fingerprint density at radius 3 is 1.39 bits per heavy atom. The molecule has 0 saturated heterocycles. The Hall–Kier alpha value is -3.28. The second-order valence-corrected chi connectivity index (χ2v) is 7.19. The van der Waals surface area contributed by atoms with Crippen molar-refractivity contribution < 1.29 is 9.59 Å². The third kappa shape index (κ3) is 8.95. The van der Waals surface area contributed by atoms with E-state index < -0.39 is 0 Å². The van der Waals surface area contributed by atoms with Gasteiger partial charge in [-0.2, -0.15) is 10.2 Å². The van der Waals surface area contributed by atoms with E-state index in [1.807, 2.05) is 74.5 Å². The van der Waals surface area contributed by atoms with Gasteiger partial charge in [0.2, 0.25) is 11.8 Å². The van der Waals surface area contributed by atoms with Crippen LogP contribution in [0.1, 0.15) is 69.9 Å². The number of benzene rings is 2. The first-order valence-corrected chi connectivity index (χ1v) is 11.0. The summed E-state index contributed by atoms with van der Waals surface area (Å²) in [5, 5.41) is 8.50. The van der Waals surface area contributed by atoms with Crippen LogP contribution in [-0.4, -0.2) is 23.2 Å². The lowest BCUT2D eigenvalue weighted by atomic mass is 10.1. The highest BCUT2D eigenvalue weighted by atomic mass is 16.2. The van der Waals surface area contributed by atoms with Crippen LogP contribution in [-0.2, 0) is 9.59 Å². The zero-order chi connectivity index (χ0) is 22.3. The number of carbonyl (C=O) groups is 2. The van der Waals surface area contributed by atoms with E-state index >= 15 is 0 Å². The van der Waals surface area contributed by atoms with Crippen LogP contribution in [0.5, 0.6) is 0 Å². The van der Waals surface area contributed by atoms with Gasteiger partial charge in [0.15, 0.2) is 0 Å². The molecule has 0 saturated carbocycles. The first-order valence-electron chi connectivity index (χ1n) is 11.0. The summed E-state index contributed by atoms with van der Waals surface area (Å²) in [6.07, 6.45) is 4.50. The molecule has 0 aliphatic rings. The Balaban J connectivity index is 1.65. The lowest BCUT2D eigenvalue weighted by Gasteiger charge is -2.06. The van der Waals surface area contributed by atoms with Crippen LogP contribution in [0, 0.1) is 0 Å². The first-order chi connectivity index (χ1) is 15.1. The number of hydrogen-bond acceptors (Lipinski definition) is 4. The molecule has 164 valence electrons. The zero-order valence-corrected chi connectivity index (χ0v) is 18.4. The lowest BCUT2D eigenvalue weighted by Crippen LogP contribution is -2.20. The standard InChI is InChI=1S/C25H32N4O2/c1-3-22(20-14-8-5-9-15-20)26-28-24(30)18-12-7-13-19-25(31)29-27-23(4-2)21-16-10-6-11-17-21/h5-6,8-11,14-17H,3-4,7,12-13,18-19H2,1-2H3,(H,28,30)(H,29,31)/b26-22+,27-23+. The third-order valence-electron chi connectivity index (χ3n) is 4.82. The quantitative estimate of drug-likeness (QED) is 0.294. The van der Waals surface area contributed by atoms with E-state index in [1.54, 1.807) is 0 Å². The molecular formula is C25H32N4O2. The van der Waals surface area contributed by atoms with Crippen molar-refractivity contribution in [2.45, 2.75) is 58.8 Å². The van der Waals surface area contributed by atoms with Gasteiger partial charge in [0, 0.05) is 12.8 Å². The van der Waals surface area contributed by atoms with Gasteiger partial charge in [0.25, 0.3) is 0 Å². The van der Waals surface area contributed by atoms with Crippen LogP contribution in [0.25, 0.3) is 0 Å². The van der Waals surface area contributed by atoms with Gasteiger partial charge in [-0.1, -0.05) is 80.9 Å². The van der Waals surface area contributed by atoms with Gasteiger partial charge in [-0.25, -0.2) is 10.9 Å². The molecule has 0 atom stereocenters. The monoisotopic (exact) mass is 420 g/mol. The van der Waals surface area contributed by atoms with Crippen molar-refractivity contribution in [1.29, 1.82) is 0 Å². The van der Waals surface area contributed by atoms with Gasteiger partial charge >= 0.3 is 0 Å². The van der Waals surface area contributed by atoms with Gasteiger partial charge in [-0.05, 0) is 36.8 Å². The van der Waals surface area contributed by atoms with Crippen molar-refractivity contribution in [3.63, 3.8) is 0 Å². The molecule has 0 bridgehead atoms. The summed E-state index contributed by atoms with van der Waals surface area (Å²) in [6.45, 7) is 4.02. The molecule has 2 aromatic rings. The SMILES string of the molecule is CC/C(=N\NC(=O)CCCCCC(=O)N/N=C(\CC)c1ccccc1)c1ccccc1. The Morgan fingerprint density at radius 2 is 1.03 bits per heavy atom. The smallest absolute Gasteiger partial charge is 0.240 e. The number of amides is 2. The van der Waals surface area contributed by atoms with Crippen LogP contribution >= 0.6 is 0 Å². The van der Waals surface area contributed by atoms with Crippen LogP contribution in [0.2, 0.25) is 0 Å². The maximum absolute atomic E-state index is 12.0. The number of rotatable bonds is 12.